The monoisotopic (exact) mass is 223 g/mol. The summed E-state index contributed by atoms with van der Waals surface area (Å²) < 4.78 is 5.19. The molecule has 0 radical (unpaired) electrons. The smallest absolute Gasteiger partial charge is 0.332 e. The van der Waals surface area contributed by atoms with Crippen molar-refractivity contribution in [3.63, 3.8) is 0 Å². The summed E-state index contributed by atoms with van der Waals surface area (Å²) in [4.78, 5) is 11.1. The largest absolute Gasteiger partial charge is 0.454 e. The van der Waals surface area contributed by atoms with Gasteiger partial charge in [0.1, 0.15) is 12.7 Å². The number of carbonyl (C=O) groups excluding carboxylic acids is 1. The molecule has 16 heavy (non-hydrogen) atoms. The van der Waals surface area contributed by atoms with Crippen LogP contribution >= 0.6 is 0 Å². The molecule has 88 valence electrons. The van der Waals surface area contributed by atoms with Gasteiger partial charge in [0.25, 0.3) is 0 Å². The van der Waals surface area contributed by atoms with Crippen LogP contribution in [-0.4, -0.2) is 30.8 Å². The third-order valence-corrected chi connectivity index (χ3v) is 2.43. The van der Waals surface area contributed by atoms with Gasteiger partial charge in [-0.15, -0.1) is 0 Å². The zero-order valence-corrected chi connectivity index (χ0v) is 9.51. The predicted octanol–water partition coefficient (Wildman–Crippen LogP) is 0.871. The number of rotatable bonds is 5. The van der Waals surface area contributed by atoms with Crippen LogP contribution in [0.2, 0.25) is 0 Å². The van der Waals surface area contributed by atoms with Crippen LogP contribution in [0.25, 0.3) is 0 Å². The minimum absolute atomic E-state index is 0.0158. The summed E-state index contributed by atoms with van der Waals surface area (Å²) in [6, 6.07) is 9.44. The van der Waals surface area contributed by atoms with E-state index in [1.807, 2.05) is 37.3 Å². The maximum absolute atomic E-state index is 11.1. The second-order valence-electron chi connectivity index (χ2n) is 3.56. The summed E-state index contributed by atoms with van der Waals surface area (Å²) in [6.07, 6.45) is -0.383. The summed E-state index contributed by atoms with van der Waals surface area (Å²) >= 11 is 0. The lowest BCUT2D eigenvalue weighted by Crippen LogP contribution is -2.32. The van der Waals surface area contributed by atoms with E-state index in [0.717, 1.165) is 5.56 Å². The van der Waals surface area contributed by atoms with Gasteiger partial charge in [-0.2, -0.15) is 0 Å². The van der Waals surface area contributed by atoms with Crippen LogP contribution in [-0.2, 0) is 9.53 Å². The van der Waals surface area contributed by atoms with E-state index in [0.29, 0.717) is 0 Å². The van der Waals surface area contributed by atoms with Gasteiger partial charge in [0, 0.05) is 6.04 Å². The van der Waals surface area contributed by atoms with E-state index in [1.165, 1.54) is 0 Å². The fourth-order valence-corrected chi connectivity index (χ4v) is 1.43. The van der Waals surface area contributed by atoms with Crippen molar-refractivity contribution in [2.45, 2.75) is 19.1 Å². The molecule has 1 aromatic carbocycles. The van der Waals surface area contributed by atoms with Gasteiger partial charge < -0.3 is 15.2 Å². The van der Waals surface area contributed by atoms with E-state index in [2.05, 4.69) is 5.32 Å². The first-order valence-corrected chi connectivity index (χ1v) is 5.21. The number of hydrogen-bond donors (Lipinski definition) is 2. The van der Waals surface area contributed by atoms with Gasteiger partial charge in [0.2, 0.25) is 0 Å². The Kier molecular flexibility index (Phi) is 4.95. The Morgan fingerprint density at radius 2 is 2.06 bits per heavy atom. The SMILES string of the molecule is CNC(C)C(OC(=O)CO)c1ccccc1. The predicted molar refractivity (Wildman–Crippen MR) is 60.9 cm³/mol. The van der Waals surface area contributed by atoms with Crippen LogP contribution in [0.4, 0.5) is 0 Å². The van der Waals surface area contributed by atoms with Gasteiger partial charge in [-0.3, -0.25) is 0 Å². The molecule has 0 bridgehead atoms. The Labute approximate surface area is 95.2 Å². The summed E-state index contributed by atoms with van der Waals surface area (Å²) in [6.45, 7) is 1.32. The van der Waals surface area contributed by atoms with Gasteiger partial charge in [0.05, 0.1) is 0 Å². The van der Waals surface area contributed by atoms with Gasteiger partial charge in [-0.25, -0.2) is 4.79 Å². The second-order valence-corrected chi connectivity index (χ2v) is 3.56. The van der Waals surface area contributed by atoms with Gasteiger partial charge in [-0.1, -0.05) is 30.3 Å². The van der Waals surface area contributed by atoms with E-state index in [1.54, 1.807) is 7.05 Å². The van der Waals surface area contributed by atoms with E-state index in [4.69, 9.17) is 9.84 Å². The number of esters is 1. The number of likely N-dealkylation sites (N-methyl/N-ethyl adjacent to an activating group) is 1. The molecule has 2 unspecified atom stereocenters. The molecule has 0 saturated heterocycles. The van der Waals surface area contributed by atoms with Crippen LogP contribution < -0.4 is 5.32 Å². The third-order valence-electron chi connectivity index (χ3n) is 2.43. The number of aliphatic hydroxyl groups is 1. The maximum atomic E-state index is 11.1. The number of nitrogens with one attached hydrogen (secondary N) is 1. The molecule has 0 saturated carbocycles. The zero-order valence-electron chi connectivity index (χ0n) is 9.51. The van der Waals surface area contributed by atoms with Crippen LogP contribution in [0.3, 0.4) is 0 Å². The highest BCUT2D eigenvalue weighted by Crippen LogP contribution is 2.21. The van der Waals surface area contributed by atoms with Crippen LogP contribution in [0.1, 0.15) is 18.6 Å². The Morgan fingerprint density at radius 3 is 2.56 bits per heavy atom. The first-order chi connectivity index (χ1) is 7.69. The number of aliphatic hydroxyl groups excluding tert-OH is 1. The minimum atomic E-state index is -0.615. The fourth-order valence-electron chi connectivity index (χ4n) is 1.43. The van der Waals surface area contributed by atoms with Crippen molar-refractivity contribution in [2.75, 3.05) is 13.7 Å². The average Bonchev–Trinajstić information content (AvgIpc) is 2.35. The molecule has 0 fully saturated rings. The highest BCUT2D eigenvalue weighted by molar-refractivity contribution is 5.70. The number of ether oxygens (including phenoxy) is 1. The summed E-state index contributed by atoms with van der Waals surface area (Å²) in [5.74, 6) is -0.615. The number of carbonyl (C=O) groups is 1. The molecule has 0 aromatic heterocycles. The molecule has 0 aliphatic heterocycles. The third kappa shape index (κ3) is 3.32. The highest BCUT2D eigenvalue weighted by Gasteiger charge is 2.21. The first kappa shape index (κ1) is 12.7. The van der Waals surface area contributed by atoms with E-state index in [-0.39, 0.29) is 12.1 Å². The Hall–Kier alpha value is -1.39. The van der Waals surface area contributed by atoms with Crippen molar-refractivity contribution in [3.8, 4) is 0 Å². The normalized spacial score (nSPS) is 14.2. The Morgan fingerprint density at radius 1 is 1.44 bits per heavy atom. The molecular weight excluding hydrogens is 206 g/mol. The molecule has 0 aliphatic carbocycles. The van der Waals surface area contributed by atoms with Crippen LogP contribution in [0, 0.1) is 0 Å². The quantitative estimate of drug-likeness (QED) is 0.727. The number of hydrogen-bond acceptors (Lipinski definition) is 4. The molecule has 1 rings (SSSR count). The van der Waals surface area contributed by atoms with Crippen molar-refractivity contribution >= 4 is 5.97 Å². The van der Waals surface area contributed by atoms with E-state index in [9.17, 15) is 4.79 Å². The van der Waals surface area contributed by atoms with E-state index >= 15 is 0 Å². The molecule has 2 atom stereocenters. The van der Waals surface area contributed by atoms with Crippen LogP contribution in [0.5, 0.6) is 0 Å². The van der Waals surface area contributed by atoms with Gasteiger partial charge in [0.15, 0.2) is 0 Å². The topological polar surface area (TPSA) is 58.6 Å². The van der Waals surface area contributed by atoms with Crippen molar-refractivity contribution in [1.29, 1.82) is 0 Å². The zero-order chi connectivity index (χ0) is 12.0. The van der Waals surface area contributed by atoms with Crippen LogP contribution in [0.15, 0.2) is 30.3 Å². The van der Waals surface area contributed by atoms with Crippen molar-refractivity contribution in [1.82, 2.24) is 5.32 Å². The molecule has 4 nitrogen and oxygen atoms in total. The Bertz CT molecular complexity index is 326. The minimum Gasteiger partial charge on any atom is -0.454 e. The lowest BCUT2D eigenvalue weighted by molar-refractivity contribution is -0.154. The summed E-state index contributed by atoms with van der Waals surface area (Å²) in [5.41, 5.74) is 0.908. The van der Waals surface area contributed by atoms with Gasteiger partial charge in [-0.05, 0) is 19.5 Å². The molecule has 0 spiro atoms. The molecule has 4 heteroatoms. The van der Waals surface area contributed by atoms with Crippen molar-refractivity contribution in [2.24, 2.45) is 0 Å². The standard InChI is InChI=1S/C12H17NO3/c1-9(13-2)12(16-11(15)8-14)10-6-4-3-5-7-10/h3-7,9,12-14H,8H2,1-2H3. The van der Waals surface area contributed by atoms with E-state index < -0.39 is 12.6 Å². The summed E-state index contributed by atoms with van der Waals surface area (Å²) in [5, 5.41) is 11.7. The van der Waals surface area contributed by atoms with Gasteiger partial charge >= 0.3 is 5.97 Å². The second kappa shape index (κ2) is 6.25. The highest BCUT2D eigenvalue weighted by atomic mass is 16.6. The molecule has 0 heterocycles. The lowest BCUT2D eigenvalue weighted by Gasteiger charge is -2.23. The maximum Gasteiger partial charge on any atom is 0.332 e. The molecular formula is C12H17NO3. The number of benzene rings is 1. The first-order valence-electron chi connectivity index (χ1n) is 5.21. The molecule has 2 N–H and O–H groups in total. The lowest BCUT2D eigenvalue weighted by atomic mass is 10.0. The van der Waals surface area contributed by atoms with Crippen molar-refractivity contribution < 1.29 is 14.6 Å². The summed E-state index contributed by atoms with van der Waals surface area (Å²) in [7, 11) is 1.80. The Balaban J connectivity index is 2.83. The molecule has 0 amide bonds. The average molecular weight is 223 g/mol. The molecule has 1 aromatic rings. The molecule has 0 aliphatic rings. The fraction of sp³-hybridized carbons (Fsp3) is 0.417. The van der Waals surface area contributed by atoms with Crippen molar-refractivity contribution in [3.05, 3.63) is 35.9 Å².